The van der Waals surface area contributed by atoms with Crippen LogP contribution in [0.4, 0.5) is 0 Å². The Morgan fingerprint density at radius 1 is 1.38 bits per heavy atom. The van der Waals surface area contributed by atoms with E-state index in [9.17, 15) is 9.59 Å². The van der Waals surface area contributed by atoms with Gasteiger partial charge in [-0.3, -0.25) is 9.59 Å². The summed E-state index contributed by atoms with van der Waals surface area (Å²) in [5.74, 6) is -0.797. The van der Waals surface area contributed by atoms with Crippen LogP contribution < -0.4 is 0 Å². The van der Waals surface area contributed by atoms with E-state index in [1.165, 1.54) is 0 Å². The van der Waals surface area contributed by atoms with E-state index in [0.29, 0.717) is 19.4 Å². The highest BCUT2D eigenvalue weighted by molar-refractivity contribution is 9.10. The van der Waals surface area contributed by atoms with Gasteiger partial charge >= 0.3 is 5.97 Å². The molecule has 1 unspecified atom stereocenters. The number of hydrogen-bond donors (Lipinski definition) is 1. The Bertz CT molecular complexity index is 490. The van der Waals surface area contributed by atoms with Crippen LogP contribution in [0, 0.1) is 5.92 Å². The second kappa shape index (κ2) is 8.82. The van der Waals surface area contributed by atoms with E-state index in [1.54, 1.807) is 11.9 Å². The number of halogens is 1. The molecule has 0 fully saturated rings. The summed E-state index contributed by atoms with van der Waals surface area (Å²) in [7, 11) is 1.74. The summed E-state index contributed by atoms with van der Waals surface area (Å²) in [4.78, 5) is 24.6. The van der Waals surface area contributed by atoms with Crippen LogP contribution >= 0.6 is 15.9 Å². The van der Waals surface area contributed by atoms with Crippen molar-refractivity contribution in [3.8, 4) is 0 Å². The molecule has 1 amide bonds. The molecule has 0 bridgehead atoms. The van der Waals surface area contributed by atoms with Gasteiger partial charge < -0.3 is 10.0 Å². The highest BCUT2D eigenvalue weighted by Crippen LogP contribution is 2.18. The fraction of sp³-hybridized carbons (Fsp3) is 0.500. The van der Waals surface area contributed by atoms with E-state index in [1.807, 2.05) is 31.2 Å². The van der Waals surface area contributed by atoms with Crippen LogP contribution in [0.3, 0.4) is 0 Å². The summed E-state index contributed by atoms with van der Waals surface area (Å²) < 4.78 is 1.01. The SMILES string of the molecule is CCC(Cc1cccc(Br)c1)C(=O)N(C)CCCC(=O)O. The molecule has 1 rings (SSSR count). The molecule has 21 heavy (non-hydrogen) atoms. The molecular formula is C16H22BrNO3. The maximum atomic E-state index is 12.4. The van der Waals surface area contributed by atoms with Crippen LogP contribution in [0.25, 0.3) is 0 Å². The van der Waals surface area contributed by atoms with Crippen LogP contribution in [0.2, 0.25) is 0 Å². The third kappa shape index (κ3) is 6.29. The molecule has 116 valence electrons. The zero-order valence-electron chi connectivity index (χ0n) is 12.5. The van der Waals surface area contributed by atoms with E-state index in [-0.39, 0.29) is 18.2 Å². The van der Waals surface area contributed by atoms with Crippen molar-refractivity contribution in [1.82, 2.24) is 4.90 Å². The zero-order valence-corrected chi connectivity index (χ0v) is 14.1. The lowest BCUT2D eigenvalue weighted by atomic mass is 9.95. The van der Waals surface area contributed by atoms with Gasteiger partial charge in [0.25, 0.3) is 0 Å². The highest BCUT2D eigenvalue weighted by atomic mass is 79.9. The molecule has 0 aliphatic rings. The van der Waals surface area contributed by atoms with Gasteiger partial charge in [-0.2, -0.15) is 0 Å². The number of rotatable bonds is 8. The number of carbonyl (C=O) groups excluding carboxylic acids is 1. The Labute approximate surface area is 134 Å². The maximum absolute atomic E-state index is 12.4. The summed E-state index contributed by atoms with van der Waals surface area (Å²) in [6.45, 7) is 2.49. The average molecular weight is 356 g/mol. The van der Waals surface area contributed by atoms with Crippen molar-refractivity contribution in [3.63, 3.8) is 0 Å². The molecule has 0 heterocycles. The number of aliphatic carboxylic acids is 1. The predicted molar refractivity (Wildman–Crippen MR) is 86.1 cm³/mol. The molecular weight excluding hydrogens is 334 g/mol. The van der Waals surface area contributed by atoms with E-state index >= 15 is 0 Å². The van der Waals surface area contributed by atoms with Gasteiger partial charge in [0.15, 0.2) is 0 Å². The molecule has 0 aromatic heterocycles. The van der Waals surface area contributed by atoms with Crippen molar-refractivity contribution in [2.75, 3.05) is 13.6 Å². The van der Waals surface area contributed by atoms with Gasteiger partial charge in [0, 0.05) is 30.4 Å². The van der Waals surface area contributed by atoms with Crippen molar-refractivity contribution in [1.29, 1.82) is 0 Å². The Morgan fingerprint density at radius 3 is 2.67 bits per heavy atom. The van der Waals surface area contributed by atoms with E-state index in [4.69, 9.17) is 5.11 Å². The number of benzene rings is 1. The smallest absolute Gasteiger partial charge is 0.303 e. The molecule has 0 aliphatic heterocycles. The summed E-state index contributed by atoms with van der Waals surface area (Å²) in [6, 6.07) is 7.98. The van der Waals surface area contributed by atoms with Crippen molar-refractivity contribution in [3.05, 3.63) is 34.3 Å². The Balaban J connectivity index is 2.57. The second-order valence-electron chi connectivity index (χ2n) is 5.20. The largest absolute Gasteiger partial charge is 0.481 e. The molecule has 5 heteroatoms. The van der Waals surface area contributed by atoms with Gasteiger partial charge in [-0.15, -0.1) is 0 Å². The standard InChI is InChI=1S/C16H22BrNO3/c1-3-13(10-12-6-4-7-14(17)11-12)16(21)18(2)9-5-8-15(19)20/h4,6-7,11,13H,3,5,8-10H2,1-2H3,(H,19,20). The Morgan fingerprint density at radius 2 is 2.10 bits per heavy atom. The predicted octanol–water partition coefficient (Wildman–Crippen LogP) is 3.34. The molecule has 4 nitrogen and oxygen atoms in total. The van der Waals surface area contributed by atoms with Gasteiger partial charge in [-0.05, 0) is 37.0 Å². The molecule has 1 aromatic carbocycles. The van der Waals surface area contributed by atoms with Gasteiger partial charge in [-0.1, -0.05) is 35.0 Å². The normalized spacial score (nSPS) is 12.0. The zero-order chi connectivity index (χ0) is 15.8. The number of nitrogens with zero attached hydrogens (tertiary/aromatic N) is 1. The topological polar surface area (TPSA) is 57.6 Å². The van der Waals surface area contributed by atoms with E-state index in [0.717, 1.165) is 16.5 Å². The number of carboxylic acids is 1. The second-order valence-corrected chi connectivity index (χ2v) is 6.11. The lowest BCUT2D eigenvalue weighted by molar-refractivity contribution is -0.138. The van der Waals surface area contributed by atoms with Gasteiger partial charge in [0.05, 0.1) is 0 Å². The lowest BCUT2D eigenvalue weighted by Crippen LogP contribution is -2.34. The maximum Gasteiger partial charge on any atom is 0.303 e. The Hall–Kier alpha value is -1.36. The van der Waals surface area contributed by atoms with Crippen molar-refractivity contribution in [2.24, 2.45) is 5.92 Å². The number of amides is 1. The van der Waals surface area contributed by atoms with Crippen LogP contribution in [0.1, 0.15) is 31.7 Å². The molecule has 0 saturated carbocycles. The number of carbonyl (C=O) groups is 2. The highest BCUT2D eigenvalue weighted by Gasteiger charge is 2.20. The Kier molecular flexibility index (Phi) is 7.43. The lowest BCUT2D eigenvalue weighted by Gasteiger charge is -2.23. The molecule has 0 saturated heterocycles. The summed E-state index contributed by atoms with van der Waals surface area (Å²) in [6.07, 6.45) is 2.07. The van der Waals surface area contributed by atoms with Gasteiger partial charge in [-0.25, -0.2) is 0 Å². The minimum Gasteiger partial charge on any atom is -0.481 e. The first-order chi connectivity index (χ1) is 9.93. The van der Waals surface area contributed by atoms with Crippen LogP contribution in [-0.2, 0) is 16.0 Å². The quantitative estimate of drug-likeness (QED) is 0.777. The fourth-order valence-corrected chi connectivity index (χ4v) is 2.69. The van der Waals surface area contributed by atoms with Crippen molar-refractivity contribution >= 4 is 27.8 Å². The van der Waals surface area contributed by atoms with Gasteiger partial charge in [0.1, 0.15) is 0 Å². The van der Waals surface area contributed by atoms with Crippen molar-refractivity contribution < 1.29 is 14.7 Å². The summed E-state index contributed by atoms with van der Waals surface area (Å²) in [5, 5.41) is 8.63. The molecule has 1 N–H and O–H groups in total. The van der Waals surface area contributed by atoms with Crippen LogP contribution in [-0.4, -0.2) is 35.5 Å². The first-order valence-electron chi connectivity index (χ1n) is 7.15. The molecule has 0 radical (unpaired) electrons. The third-order valence-corrected chi connectivity index (χ3v) is 3.97. The average Bonchev–Trinajstić information content (AvgIpc) is 2.43. The molecule has 0 spiro atoms. The number of carboxylic acid groups (broad SMARTS) is 1. The molecule has 1 atom stereocenters. The minimum atomic E-state index is -0.822. The van der Waals surface area contributed by atoms with Crippen LogP contribution in [0.15, 0.2) is 28.7 Å². The van der Waals surface area contributed by atoms with Crippen LogP contribution in [0.5, 0.6) is 0 Å². The fourth-order valence-electron chi connectivity index (χ4n) is 2.24. The molecule has 1 aromatic rings. The monoisotopic (exact) mass is 355 g/mol. The third-order valence-electron chi connectivity index (χ3n) is 3.47. The van der Waals surface area contributed by atoms with Crippen molar-refractivity contribution in [2.45, 2.75) is 32.6 Å². The number of hydrogen-bond acceptors (Lipinski definition) is 2. The van der Waals surface area contributed by atoms with E-state index < -0.39 is 5.97 Å². The summed E-state index contributed by atoms with van der Waals surface area (Å²) >= 11 is 3.44. The minimum absolute atomic E-state index is 0.0610. The summed E-state index contributed by atoms with van der Waals surface area (Å²) in [5.41, 5.74) is 1.13. The first kappa shape index (κ1) is 17.7. The van der Waals surface area contributed by atoms with E-state index in [2.05, 4.69) is 15.9 Å². The van der Waals surface area contributed by atoms with Gasteiger partial charge in [0.2, 0.25) is 5.91 Å². The first-order valence-corrected chi connectivity index (χ1v) is 7.94. The molecule has 0 aliphatic carbocycles.